The second-order valence-corrected chi connectivity index (χ2v) is 8.27. The predicted molar refractivity (Wildman–Crippen MR) is 122 cm³/mol. The van der Waals surface area contributed by atoms with E-state index in [1.165, 1.54) is 29.5 Å². The van der Waals surface area contributed by atoms with E-state index in [4.69, 9.17) is 9.84 Å². The van der Waals surface area contributed by atoms with E-state index in [0.717, 1.165) is 13.0 Å². The van der Waals surface area contributed by atoms with Crippen LogP contribution in [0.25, 0.3) is 26.6 Å². The second-order valence-electron chi connectivity index (χ2n) is 7.22. The van der Waals surface area contributed by atoms with Crippen LogP contribution in [0, 0.1) is 0 Å². The summed E-state index contributed by atoms with van der Waals surface area (Å²) in [5, 5.41) is 19.3. The molecule has 0 fully saturated rings. The molecular weight excluding hydrogens is 434 g/mol. The molecule has 0 radical (unpaired) electrons. The minimum absolute atomic E-state index is 0.0699. The molecule has 0 saturated heterocycles. The van der Waals surface area contributed by atoms with Gasteiger partial charge in [-0.15, -0.1) is 11.3 Å². The van der Waals surface area contributed by atoms with Crippen molar-refractivity contribution in [2.24, 2.45) is 0 Å². The summed E-state index contributed by atoms with van der Waals surface area (Å²) in [4.78, 5) is 11.2. The molecule has 0 unspecified atom stereocenters. The van der Waals surface area contributed by atoms with E-state index >= 15 is 0 Å². The SMILES string of the molecule is CC(F)(F)c1ccccc1-c1sc2cc(O)ccc2c1Oc1ccc(C=CC(=O)O)cc1. The number of ether oxygens (including phenoxy) is 1. The normalized spacial score (nSPS) is 11.8. The summed E-state index contributed by atoms with van der Waals surface area (Å²) >= 11 is 1.26. The monoisotopic (exact) mass is 452 g/mol. The molecule has 1 aromatic heterocycles. The summed E-state index contributed by atoms with van der Waals surface area (Å²) in [6.07, 6.45) is 2.49. The van der Waals surface area contributed by atoms with Gasteiger partial charge in [0, 0.05) is 34.2 Å². The third-order valence-electron chi connectivity index (χ3n) is 4.79. The number of phenols is 1. The number of phenolic OH excluding ortho intramolecular Hbond substituents is 1. The van der Waals surface area contributed by atoms with Gasteiger partial charge < -0.3 is 14.9 Å². The topological polar surface area (TPSA) is 66.8 Å². The van der Waals surface area contributed by atoms with Crippen molar-refractivity contribution < 1.29 is 28.5 Å². The van der Waals surface area contributed by atoms with Crippen LogP contribution in [0.15, 0.2) is 72.8 Å². The maximum absolute atomic E-state index is 14.3. The molecule has 0 saturated carbocycles. The molecule has 1 heterocycles. The molecule has 0 aliphatic heterocycles. The summed E-state index contributed by atoms with van der Waals surface area (Å²) in [7, 11) is 0. The van der Waals surface area contributed by atoms with Crippen molar-refractivity contribution in [3.8, 4) is 27.7 Å². The van der Waals surface area contributed by atoms with Crippen LogP contribution in [0.2, 0.25) is 0 Å². The van der Waals surface area contributed by atoms with E-state index in [1.807, 2.05) is 0 Å². The molecule has 162 valence electrons. The second kappa shape index (κ2) is 8.43. The van der Waals surface area contributed by atoms with Crippen LogP contribution in [-0.2, 0) is 10.7 Å². The number of carboxylic acid groups (broad SMARTS) is 1. The van der Waals surface area contributed by atoms with Crippen LogP contribution in [0.3, 0.4) is 0 Å². The Morgan fingerprint density at radius 2 is 1.78 bits per heavy atom. The summed E-state index contributed by atoms with van der Waals surface area (Å²) in [6.45, 7) is 0.856. The molecule has 4 aromatic rings. The van der Waals surface area contributed by atoms with Gasteiger partial charge in [-0.1, -0.05) is 36.4 Å². The zero-order valence-electron chi connectivity index (χ0n) is 16.9. The first-order valence-electron chi connectivity index (χ1n) is 9.64. The number of rotatable bonds is 6. The number of carbonyl (C=O) groups is 1. The molecule has 3 aromatic carbocycles. The fourth-order valence-electron chi connectivity index (χ4n) is 3.34. The first-order chi connectivity index (χ1) is 15.2. The molecule has 0 spiro atoms. The lowest BCUT2D eigenvalue weighted by atomic mass is 10.0. The van der Waals surface area contributed by atoms with Crippen molar-refractivity contribution in [1.29, 1.82) is 0 Å². The summed E-state index contributed by atoms with van der Waals surface area (Å²) in [5.74, 6) is -3.15. The molecule has 4 nitrogen and oxygen atoms in total. The first-order valence-corrected chi connectivity index (χ1v) is 10.5. The maximum Gasteiger partial charge on any atom is 0.328 e. The smallest absolute Gasteiger partial charge is 0.328 e. The lowest BCUT2D eigenvalue weighted by Crippen LogP contribution is -2.08. The van der Waals surface area contributed by atoms with Gasteiger partial charge in [-0.2, -0.15) is 0 Å². The molecule has 32 heavy (non-hydrogen) atoms. The summed E-state index contributed by atoms with van der Waals surface area (Å²) in [6, 6.07) is 17.8. The average Bonchev–Trinajstić information content (AvgIpc) is 3.09. The standard InChI is InChI=1S/C25H18F2O4S/c1-25(26,27)20-5-3-2-4-18(20)24-23(19-12-9-16(28)14-21(19)32-24)31-17-10-6-15(7-11-17)8-13-22(29)30/h2-14,28H,1H3,(H,29,30). The van der Waals surface area contributed by atoms with Crippen LogP contribution in [0.4, 0.5) is 8.78 Å². The number of fused-ring (bicyclic) bond motifs is 1. The Balaban J connectivity index is 1.82. The van der Waals surface area contributed by atoms with Gasteiger partial charge >= 0.3 is 5.97 Å². The number of benzene rings is 3. The highest BCUT2D eigenvalue weighted by Crippen LogP contribution is 2.49. The van der Waals surface area contributed by atoms with E-state index in [0.29, 0.717) is 37.6 Å². The molecule has 0 aliphatic rings. The van der Waals surface area contributed by atoms with Crippen LogP contribution >= 0.6 is 11.3 Å². The van der Waals surface area contributed by atoms with Gasteiger partial charge in [-0.25, -0.2) is 13.6 Å². The number of halogens is 2. The number of hydrogen-bond donors (Lipinski definition) is 2. The largest absolute Gasteiger partial charge is 0.508 e. The predicted octanol–water partition coefficient (Wildman–Crippen LogP) is 7.28. The summed E-state index contributed by atoms with van der Waals surface area (Å²) in [5.41, 5.74) is 0.919. The van der Waals surface area contributed by atoms with Crippen LogP contribution < -0.4 is 4.74 Å². The first kappa shape index (κ1) is 21.5. The molecular formula is C25H18F2O4S. The van der Waals surface area contributed by atoms with Crippen molar-refractivity contribution in [1.82, 2.24) is 0 Å². The van der Waals surface area contributed by atoms with Crippen LogP contribution in [-0.4, -0.2) is 16.2 Å². The van der Waals surface area contributed by atoms with Crippen molar-refractivity contribution in [3.05, 3.63) is 83.9 Å². The van der Waals surface area contributed by atoms with E-state index in [-0.39, 0.29) is 11.3 Å². The Morgan fingerprint density at radius 3 is 2.47 bits per heavy atom. The molecule has 0 amide bonds. The number of aliphatic carboxylic acids is 1. The fraction of sp³-hybridized carbons (Fsp3) is 0.0800. The van der Waals surface area contributed by atoms with E-state index in [1.54, 1.807) is 54.6 Å². The molecule has 2 N–H and O–H groups in total. The van der Waals surface area contributed by atoms with Gasteiger partial charge in [0.25, 0.3) is 5.92 Å². The quantitative estimate of drug-likeness (QED) is 0.302. The number of carboxylic acids is 1. The minimum atomic E-state index is -3.05. The van der Waals surface area contributed by atoms with Gasteiger partial charge in [-0.3, -0.25) is 0 Å². The van der Waals surface area contributed by atoms with Crippen molar-refractivity contribution in [2.75, 3.05) is 0 Å². The maximum atomic E-state index is 14.3. The minimum Gasteiger partial charge on any atom is -0.508 e. The lowest BCUT2D eigenvalue weighted by Gasteiger charge is -2.16. The third-order valence-corrected chi connectivity index (χ3v) is 5.96. The summed E-state index contributed by atoms with van der Waals surface area (Å²) < 4.78 is 35.5. The highest BCUT2D eigenvalue weighted by Gasteiger charge is 2.30. The number of alkyl halides is 2. The average molecular weight is 452 g/mol. The lowest BCUT2D eigenvalue weighted by molar-refractivity contribution is -0.131. The number of hydrogen-bond acceptors (Lipinski definition) is 4. The van der Waals surface area contributed by atoms with E-state index in [9.17, 15) is 18.7 Å². The van der Waals surface area contributed by atoms with E-state index in [2.05, 4.69) is 0 Å². The Hall–Kier alpha value is -3.71. The molecule has 0 aliphatic carbocycles. The zero-order valence-corrected chi connectivity index (χ0v) is 17.7. The van der Waals surface area contributed by atoms with Crippen LogP contribution in [0.5, 0.6) is 17.2 Å². The van der Waals surface area contributed by atoms with Gasteiger partial charge in [0.05, 0.1) is 4.88 Å². The Bertz CT molecular complexity index is 1320. The number of aromatic hydroxyl groups is 1. The fourth-order valence-corrected chi connectivity index (χ4v) is 4.54. The van der Waals surface area contributed by atoms with Gasteiger partial charge in [0.15, 0.2) is 5.75 Å². The molecule has 0 atom stereocenters. The van der Waals surface area contributed by atoms with Gasteiger partial charge in [0.2, 0.25) is 0 Å². The van der Waals surface area contributed by atoms with Gasteiger partial charge in [-0.05, 0) is 42.0 Å². The van der Waals surface area contributed by atoms with Crippen molar-refractivity contribution in [2.45, 2.75) is 12.8 Å². The molecule has 7 heteroatoms. The highest BCUT2D eigenvalue weighted by atomic mass is 32.1. The highest BCUT2D eigenvalue weighted by molar-refractivity contribution is 7.22. The van der Waals surface area contributed by atoms with E-state index < -0.39 is 11.9 Å². The van der Waals surface area contributed by atoms with Gasteiger partial charge in [0.1, 0.15) is 11.5 Å². The Morgan fingerprint density at radius 1 is 1.06 bits per heavy atom. The number of thiophene rings is 1. The van der Waals surface area contributed by atoms with Crippen LogP contribution in [0.1, 0.15) is 18.1 Å². The Kier molecular flexibility index (Phi) is 5.67. The molecule has 4 rings (SSSR count). The molecule has 0 bridgehead atoms. The Labute approximate surface area is 186 Å². The van der Waals surface area contributed by atoms with Crippen molar-refractivity contribution in [3.63, 3.8) is 0 Å². The third kappa shape index (κ3) is 4.48. The zero-order chi connectivity index (χ0) is 22.9. The van der Waals surface area contributed by atoms with Crippen molar-refractivity contribution >= 4 is 33.5 Å².